The first-order valence-electron chi connectivity index (χ1n) is 7.28. The number of aryl methyl sites for hydroxylation is 1. The lowest BCUT2D eigenvalue weighted by Gasteiger charge is -2.13. The Morgan fingerprint density at radius 1 is 1.48 bits per heavy atom. The topological polar surface area (TPSA) is 100 Å². The number of carboxylic acid groups (broad SMARTS) is 1. The van der Waals surface area contributed by atoms with Gasteiger partial charge in [-0.15, -0.1) is 5.10 Å². The number of aliphatic carboxylic acids is 1. The fourth-order valence-corrected chi connectivity index (χ4v) is 3.60. The smallest absolute Gasteiger partial charge is 0.303 e. The Bertz CT molecular complexity index is 698. The van der Waals surface area contributed by atoms with Gasteiger partial charge in [-0.05, 0) is 5.92 Å². The Morgan fingerprint density at radius 3 is 2.83 bits per heavy atom. The summed E-state index contributed by atoms with van der Waals surface area (Å²) < 4.78 is 5.96. The third kappa shape index (κ3) is 3.26. The predicted molar refractivity (Wildman–Crippen MR) is 85.9 cm³/mol. The van der Waals surface area contributed by atoms with Gasteiger partial charge in [0, 0.05) is 57.9 Å². The van der Waals surface area contributed by atoms with E-state index in [1.807, 2.05) is 32.2 Å². The van der Waals surface area contributed by atoms with Gasteiger partial charge in [0.25, 0.3) is 0 Å². The van der Waals surface area contributed by atoms with Crippen molar-refractivity contribution in [2.75, 3.05) is 37.0 Å². The number of nitrogens with zero attached hydrogens (tertiary/aromatic N) is 7. The zero-order valence-corrected chi connectivity index (χ0v) is 14.1. The second-order valence-electron chi connectivity index (χ2n) is 5.96. The molecule has 0 amide bonds. The third-order valence-corrected chi connectivity index (χ3v) is 4.72. The van der Waals surface area contributed by atoms with Crippen LogP contribution in [0.1, 0.15) is 18.0 Å². The summed E-state index contributed by atoms with van der Waals surface area (Å²) in [6.45, 7) is 1.31. The molecule has 2 aromatic heterocycles. The maximum Gasteiger partial charge on any atom is 0.303 e. The predicted octanol–water partition coefficient (Wildman–Crippen LogP) is 0.427. The normalized spacial score (nSPS) is 20.9. The van der Waals surface area contributed by atoms with E-state index in [1.54, 1.807) is 4.68 Å². The van der Waals surface area contributed by atoms with Gasteiger partial charge in [-0.2, -0.15) is 9.36 Å². The van der Waals surface area contributed by atoms with Gasteiger partial charge in [0.1, 0.15) is 0 Å². The van der Waals surface area contributed by atoms with E-state index in [0.29, 0.717) is 19.0 Å². The lowest BCUT2D eigenvalue weighted by molar-refractivity contribution is -0.138. The van der Waals surface area contributed by atoms with Crippen molar-refractivity contribution in [3.63, 3.8) is 0 Å². The molecule has 3 heterocycles. The fraction of sp³-hybridized carbons (Fsp3) is 0.615. The molecule has 2 atom stereocenters. The van der Waals surface area contributed by atoms with Crippen LogP contribution in [0.3, 0.4) is 0 Å². The van der Waals surface area contributed by atoms with E-state index in [-0.39, 0.29) is 18.3 Å². The van der Waals surface area contributed by atoms with Gasteiger partial charge >= 0.3 is 5.97 Å². The van der Waals surface area contributed by atoms with Gasteiger partial charge in [0.15, 0.2) is 0 Å². The highest BCUT2D eigenvalue weighted by Crippen LogP contribution is 2.37. The summed E-state index contributed by atoms with van der Waals surface area (Å²) in [5, 5.41) is 18.1. The van der Waals surface area contributed by atoms with Gasteiger partial charge in [-0.25, -0.2) is 0 Å². The van der Waals surface area contributed by atoms with Crippen LogP contribution in [-0.4, -0.2) is 62.6 Å². The van der Waals surface area contributed by atoms with Gasteiger partial charge in [0.2, 0.25) is 11.1 Å². The van der Waals surface area contributed by atoms with Crippen LogP contribution in [0.4, 0.5) is 11.1 Å². The van der Waals surface area contributed by atoms with Gasteiger partial charge < -0.3 is 14.9 Å². The maximum absolute atomic E-state index is 11.2. The van der Waals surface area contributed by atoms with Crippen LogP contribution in [0.5, 0.6) is 0 Å². The van der Waals surface area contributed by atoms with Gasteiger partial charge in [0.05, 0.1) is 12.1 Å². The van der Waals surface area contributed by atoms with Crippen molar-refractivity contribution in [3.05, 3.63) is 11.9 Å². The molecule has 1 fully saturated rings. The van der Waals surface area contributed by atoms with E-state index in [9.17, 15) is 9.90 Å². The summed E-state index contributed by atoms with van der Waals surface area (Å²) in [4.78, 5) is 19.6. The summed E-state index contributed by atoms with van der Waals surface area (Å²) in [6, 6.07) is 0. The molecule has 0 bridgehead atoms. The first-order chi connectivity index (χ1) is 10.9. The summed E-state index contributed by atoms with van der Waals surface area (Å²) in [5.74, 6) is -0.109. The van der Waals surface area contributed by atoms with E-state index in [1.165, 1.54) is 11.5 Å². The minimum absolute atomic E-state index is 0.0177. The largest absolute Gasteiger partial charge is 0.481 e. The van der Waals surface area contributed by atoms with Crippen LogP contribution in [0, 0.1) is 5.92 Å². The number of rotatable bonds is 5. The number of aromatic nitrogens is 5. The molecule has 2 aromatic rings. The second kappa shape index (κ2) is 6.11. The maximum atomic E-state index is 11.2. The van der Waals surface area contributed by atoms with Crippen LogP contribution < -0.4 is 9.80 Å². The number of hydrogen-bond donors (Lipinski definition) is 1. The molecule has 0 aliphatic carbocycles. The third-order valence-electron chi connectivity index (χ3n) is 3.95. The lowest BCUT2D eigenvalue weighted by Crippen LogP contribution is -2.20. The minimum atomic E-state index is -0.794. The summed E-state index contributed by atoms with van der Waals surface area (Å²) in [5.41, 5.74) is 0.832. The molecule has 3 rings (SSSR count). The van der Waals surface area contributed by atoms with Crippen molar-refractivity contribution >= 4 is 28.6 Å². The van der Waals surface area contributed by atoms with Crippen molar-refractivity contribution in [1.82, 2.24) is 24.4 Å². The number of hydrogen-bond acceptors (Lipinski definition) is 8. The molecular weight excluding hydrogens is 318 g/mol. The average molecular weight is 337 g/mol. The molecule has 23 heavy (non-hydrogen) atoms. The summed E-state index contributed by atoms with van der Waals surface area (Å²) >= 11 is 1.33. The van der Waals surface area contributed by atoms with Crippen LogP contribution >= 0.6 is 11.5 Å². The number of carboxylic acids is 1. The van der Waals surface area contributed by atoms with E-state index in [4.69, 9.17) is 0 Å². The Hall–Kier alpha value is -2.23. The summed E-state index contributed by atoms with van der Waals surface area (Å²) in [7, 11) is 5.60. The Labute approximate surface area is 137 Å². The summed E-state index contributed by atoms with van der Waals surface area (Å²) in [6.07, 6.45) is 1.96. The fourth-order valence-electron chi connectivity index (χ4n) is 2.85. The van der Waals surface area contributed by atoms with Crippen LogP contribution in [0.2, 0.25) is 0 Å². The van der Waals surface area contributed by atoms with Crippen LogP contribution in [-0.2, 0) is 11.8 Å². The van der Waals surface area contributed by atoms with E-state index < -0.39 is 5.97 Å². The molecular formula is C13H19N7O2S. The number of carbonyl (C=O) groups is 1. The molecule has 10 heteroatoms. The Balaban J connectivity index is 1.82. The molecule has 1 saturated heterocycles. The first kappa shape index (κ1) is 15.7. The molecule has 124 valence electrons. The zero-order valence-electron chi connectivity index (χ0n) is 13.2. The lowest BCUT2D eigenvalue weighted by atomic mass is 9.91. The van der Waals surface area contributed by atoms with E-state index >= 15 is 0 Å². The Morgan fingerprint density at radius 2 is 2.26 bits per heavy atom. The van der Waals surface area contributed by atoms with E-state index in [0.717, 1.165) is 10.8 Å². The molecule has 0 unspecified atom stereocenters. The van der Waals surface area contributed by atoms with Crippen molar-refractivity contribution in [3.8, 4) is 0 Å². The molecule has 0 saturated carbocycles. The number of anilines is 2. The van der Waals surface area contributed by atoms with E-state index in [2.05, 4.69) is 24.6 Å². The van der Waals surface area contributed by atoms with Gasteiger partial charge in [-0.1, -0.05) is 5.21 Å². The van der Waals surface area contributed by atoms with Crippen molar-refractivity contribution in [2.24, 2.45) is 13.0 Å². The van der Waals surface area contributed by atoms with Gasteiger partial charge in [-0.3, -0.25) is 9.48 Å². The molecule has 1 N–H and O–H groups in total. The van der Waals surface area contributed by atoms with Crippen LogP contribution in [0.25, 0.3) is 0 Å². The SMILES string of the molecule is CN(C)c1nsc(N2C[C@H](CC(=O)O)[C@H](c3cn(C)nn3)C2)n1. The molecule has 0 aromatic carbocycles. The highest BCUT2D eigenvalue weighted by molar-refractivity contribution is 7.09. The van der Waals surface area contributed by atoms with Crippen LogP contribution in [0.15, 0.2) is 6.20 Å². The first-order valence-corrected chi connectivity index (χ1v) is 8.05. The molecule has 0 radical (unpaired) electrons. The molecule has 9 nitrogen and oxygen atoms in total. The minimum Gasteiger partial charge on any atom is -0.481 e. The highest BCUT2D eigenvalue weighted by atomic mass is 32.1. The second-order valence-corrected chi connectivity index (χ2v) is 6.69. The molecule has 0 spiro atoms. The molecule has 1 aliphatic rings. The highest BCUT2D eigenvalue weighted by Gasteiger charge is 2.38. The van der Waals surface area contributed by atoms with Crippen molar-refractivity contribution < 1.29 is 9.90 Å². The zero-order chi connectivity index (χ0) is 16.6. The quantitative estimate of drug-likeness (QED) is 0.838. The average Bonchev–Trinajstić information content (AvgIpc) is 3.16. The van der Waals surface area contributed by atoms with Crippen molar-refractivity contribution in [1.29, 1.82) is 0 Å². The van der Waals surface area contributed by atoms with Crippen molar-refractivity contribution in [2.45, 2.75) is 12.3 Å². The Kier molecular flexibility index (Phi) is 4.16. The monoisotopic (exact) mass is 337 g/mol. The molecule has 1 aliphatic heterocycles. The standard InChI is InChI=1S/C13H19N7O2S/c1-18(2)12-14-13(23-16-12)20-5-8(4-11(21)22)9(6-20)10-7-19(3)17-15-10/h7-9H,4-6H2,1-3H3,(H,21,22)/t8-,9+/m0/s1.